The highest BCUT2D eigenvalue weighted by Crippen LogP contribution is 2.18. The first kappa shape index (κ1) is 20.3. The Morgan fingerprint density at radius 3 is 2.31 bits per heavy atom. The van der Waals surface area contributed by atoms with Crippen molar-refractivity contribution in [1.82, 2.24) is 15.0 Å². The van der Waals surface area contributed by atoms with Crippen LogP contribution in [0.25, 0.3) is 11.4 Å². The number of benzene rings is 2. The molecule has 0 aliphatic heterocycles. The minimum absolute atomic E-state index is 0.0840. The predicted octanol–water partition coefficient (Wildman–Crippen LogP) is 3.96. The molecule has 0 saturated carbocycles. The lowest BCUT2D eigenvalue weighted by molar-refractivity contribution is 0.0525. The van der Waals surface area contributed by atoms with E-state index in [1.54, 1.807) is 36.1 Å². The van der Waals surface area contributed by atoms with Crippen molar-refractivity contribution in [3.05, 3.63) is 71.6 Å². The fourth-order valence-corrected chi connectivity index (χ4v) is 2.79. The van der Waals surface area contributed by atoms with Crippen molar-refractivity contribution in [2.45, 2.75) is 33.4 Å². The van der Waals surface area contributed by atoms with Gasteiger partial charge in [0.1, 0.15) is 6.54 Å². The minimum atomic E-state index is -0.411. The van der Waals surface area contributed by atoms with Crippen LogP contribution < -0.4 is 0 Å². The first-order valence-electron chi connectivity index (χ1n) is 9.45. The van der Waals surface area contributed by atoms with E-state index >= 15 is 0 Å². The molecule has 3 aromatic rings. The number of nitrogens with zero attached hydrogens (tertiary/aromatic N) is 3. The fraction of sp³-hybridized carbons (Fsp3) is 0.273. The Kier molecular flexibility index (Phi) is 6.39. The van der Waals surface area contributed by atoms with E-state index in [1.807, 2.05) is 44.2 Å². The van der Waals surface area contributed by atoms with Gasteiger partial charge in [-0.15, -0.1) is 0 Å². The number of carbonyl (C=O) groups excluding carboxylic acids is 2. The highest BCUT2D eigenvalue weighted by molar-refractivity contribution is 5.96. The molecule has 0 atom stereocenters. The summed E-state index contributed by atoms with van der Waals surface area (Å²) in [6.45, 7) is 6.07. The van der Waals surface area contributed by atoms with Crippen LogP contribution in [0.15, 0.2) is 59.1 Å². The van der Waals surface area contributed by atoms with Crippen molar-refractivity contribution in [3.63, 3.8) is 0 Å². The quantitative estimate of drug-likeness (QED) is 0.565. The van der Waals surface area contributed by atoms with E-state index in [-0.39, 0.29) is 18.5 Å². The second-order valence-electron chi connectivity index (χ2n) is 6.70. The highest BCUT2D eigenvalue weighted by Gasteiger charge is 2.22. The average molecular weight is 393 g/mol. The van der Waals surface area contributed by atoms with Crippen LogP contribution in [0.5, 0.6) is 0 Å². The standard InChI is InChI=1S/C22H23N3O4/c1-4-28-22(27)18-12-10-17(11-13-18)21(26)25(15(2)3)14-19-23-20(24-29-19)16-8-6-5-7-9-16/h5-13,15H,4,14H2,1-3H3. The zero-order valence-electron chi connectivity index (χ0n) is 16.7. The molecule has 1 aromatic heterocycles. The van der Waals surface area contributed by atoms with Gasteiger partial charge in [0.15, 0.2) is 0 Å². The third kappa shape index (κ3) is 4.87. The maximum absolute atomic E-state index is 13.0. The molecule has 1 heterocycles. The summed E-state index contributed by atoms with van der Waals surface area (Å²) in [7, 11) is 0. The van der Waals surface area contributed by atoms with E-state index in [9.17, 15) is 9.59 Å². The van der Waals surface area contributed by atoms with Crippen LogP contribution in [0.3, 0.4) is 0 Å². The lowest BCUT2D eigenvalue weighted by Crippen LogP contribution is -2.36. The number of aromatic nitrogens is 2. The van der Waals surface area contributed by atoms with Crippen LogP contribution in [0.4, 0.5) is 0 Å². The number of amides is 1. The number of hydrogen-bond donors (Lipinski definition) is 0. The van der Waals surface area contributed by atoms with Crippen molar-refractivity contribution >= 4 is 11.9 Å². The zero-order chi connectivity index (χ0) is 20.8. The summed E-state index contributed by atoms with van der Waals surface area (Å²) in [6, 6.07) is 15.8. The first-order valence-corrected chi connectivity index (χ1v) is 9.45. The van der Waals surface area contributed by atoms with Crippen LogP contribution in [-0.2, 0) is 11.3 Å². The Morgan fingerprint density at radius 2 is 1.69 bits per heavy atom. The second-order valence-corrected chi connectivity index (χ2v) is 6.70. The smallest absolute Gasteiger partial charge is 0.338 e. The largest absolute Gasteiger partial charge is 0.462 e. The molecule has 0 aliphatic carbocycles. The SMILES string of the molecule is CCOC(=O)c1ccc(C(=O)N(Cc2nc(-c3ccccc3)no2)C(C)C)cc1. The number of carbonyl (C=O) groups is 2. The van der Waals surface area contributed by atoms with Crippen molar-refractivity contribution in [3.8, 4) is 11.4 Å². The van der Waals surface area contributed by atoms with E-state index in [1.165, 1.54) is 0 Å². The molecule has 0 aliphatic rings. The fourth-order valence-electron chi connectivity index (χ4n) is 2.79. The normalized spacial score (nSPS) is 10.8. The lowest BCUT2D eigenvalue weighted by atomic mass is 10.1. The van der Waals surface area contributed by atoms with E-state index < -0.39 is 5.97 Å². The molecular formula is C22H23N3O4. The van der Waals surface area contributed by atoms with Crippen molar-refractivity contribution in [1.29, 1.82) is 0 Å². The Labute approximate surface area is 169 Å². The van der Waals surface area contributed by atoms with Crippen molar-refractivity contribution in [2.75, 3.05) is 6.61 Å². The molecule has 0 unspecified atom stereocenters. The summed E-state index contributed by atoms with van der Waals surface area (Å²) >= 11 is 0. The average Bonchev–Trinajstić information content (AvgIpc) is 3.21. The minimum Gasteiger partial charge on any atom is -0.462 e. The third-order valence-electron chi connectivity index (χ3n) is 4.33. The molecule has 7 heteroatoms. The van der Waals surface area contributed by atoms with Gasteiger partial charge in [0.05, 0.1) is 12.2 Å². The second kappa shape index (κ2) is 9.14. The summed E-state index contributed by atoms with van der Waals surface area (Å²) in [5.74, 6) is 0.242. The molecule has 7 nitrogen and oxygen atoms in total. The van der Waals surface area contributed by atoms with Crippen LogP contribution in [0, 0.1) is 0 Å². The molecule has 0 saturated heterocycles. The van der Waals surface area contributed by atoms with Gasteiger partial charge in [-0.2, -0.15) is 4.98 Å². The van der Waals surface area contributed by atoms with Crippen LogP contribution in [0.2, 0.25) is 0 Å². The molecule has 29 heavy (non-hydrogen) atoms. The number of ether oxygens (including phenoxy) is 1. The van der Waals surface area contributed by atoms with Crippen molar-refractivity contribution in [2.24, 2.45) is 0 Å². The molecule has 2 aromatic carbocycles. The van der Waals surface area contributed by atoms with Gasteiger partial charge in [-0.05, 0) is 45.0 Å². The maximum Gasteiger partial charge on any atom is 0.338 e. The van der Waals surface area contributed by atoms with E-state index in [4.69, 9.17) is 9.26 Å². The van der Waals surface area contributed by atoms with E-state index in [0.29, 0.717) is 29.4 Å². The van der Waals surface area contributed by atoms with Gasteiger partial charge in [-0.25, -0.2) is 4.79 Å². The maximum atomic E-state index is 13.0. The highest BCUT2D eigenvalue weighted by atomic mass is 16.5. The van der Waals surface area contributed by atoms with E-state index in [0.717, 1.165) is 5.56 Å². The number of esters is 1. The van der Waals surface area contributed by atoms with Gasteiger partial charge in [-0.1, -0.05) is 35.5 Å². The molecule has 0 bridgehead atoms. The summed E-state index contributed by atoms with van der Waals surface area (Å²) in [5.41, 5.74) is 1.72. The van der Waals surface area contributed by atoms with Crippen molar-refractivity contribution < 1.29 is 18.8 Å². The summed E-state index contributed by atoms with van der Waals surface area (Å²) in [4.78, 5) is 30.8. The Balaban J connectivity index is 1.75. The Bertz CT molecular complexity index is 965. The van der Waals surface area contributed by atoms with Gasteiger partial charge in [0.2, 0.25) is 11.7 Å². The van der Waals surface area contributed by atoms with Crippen LogP contribution >= 0.6 is 0 Å². The topological polar surface area (TPSA) is 85.5 Å². The monoisotopic (exact) mass is 393 g/mol. The Morgan fingerprint density at radius 1 is 1.03 bits per heavy atom. The molecule has 0 radical (unpaired) electrons. The summed E-state index contributed by atoms with van der Waals surface area (Å²) in [5, 5.41) is 4.00. The third-order valence-corrected chi connectivity index (χ3v) is 4.33. The molecule has 150 valence electrons. The number of hydrogen-bond acceptors (Lipinski definition) is 6. The van der Waals surface area contributed by atoms with Gasteiger partial charge < -0.3 is 14.2 Å². The molecular weight excluding hydrogens is 370 g/mol. The molecule has 0 spiro atoms. The molecule has 1 amide bonds. The van der Waals surface area contributed by atoms with Crippen LogP contribution in [-0.4, -0.2) is 39.6 Å². The van der Waals surface area contributed by atoms with Crippen LogP contribution in [0.1, 0.15) is 47.4 Å². The van der Waals surface area contributed by atoms with Gasteiger partial charge in [0, 0.05) is 17.2 Å². The van der Waals surface area contributed by atoms with Gasteiger partial charge in [0.25, 0.3) is 5.91 Å². The number of rotatable bonds is 7. The molecule has 3 rings (SSSR count). The Hall–Kier alpha value is -3.48. The predicted molar refractivity (Wildman–Crippen MR) is 107 cm³/mol. The molecule has 0 N–H and O–H groups in total. The first-order chi connectivity index (χ1) is 14.0. The summed E-state index contributed by atoms with van der Waals surface area (Å²) < 4.78 is 10.3. The lowest BCUT2D eigenvalue weighted by Gasteiger charge is -2.25. The van der Waals surface area contributed by atoms with E-state index in [2.05, 4.69) is 10.1 Å². The van der Waals surface area contributed by atoms with Gasteiger partial charge in [-0.3, -0.25) is 4.79 Å². The zero-order valence-corrected chi connectivity index (χ0v) is 16.7. The van der Waals surface area contributed by atoms with Gasteiger partial charge >= 0.3 is 5.97 Å². The molecule has 0 fully saturated rings. The summed E-state index contributed by atoms with van der Waals surface area (Å²) in [6.07, 6.45) is 0.